The first-order valence-electron chi connectivity index (χ1n) is 8.80. The molecule has 1 aromatic carbocycles. The van der Waals surface area contributed by atoms with E-state index >= 15 is 0 Å². The van der Waals surface area contributed by atoms with Crippen LogP contribution >= 0.6 is 0 Å². The maximum atomic E-state index is 13.2. The van der Waals surface area contributed by atoms with Crippen LogP contribution in [0.3, 0.4) is 0 Å². The maximum Gasteiger partial charge on any atom is 0.229 e. The molecule has 0 saturated carbocycles. The molecule has 2 fully saturated rings. The van der Waals surface area contributed by atoms with Gasteiger partial charge < -0.3 is 20.7 Å². The Morgan fingerprint density at radius 1 is 1.26 bits per heavy atom. The minimum atomic E-state index is -0.666. The predicted molar refractivity (Wildman–Crippen MR) is 99.2 cm³/mol. The molecule has 3 heterocycles. The summed E-state index contributed by atoms with van der Waals surface area (Å²) >= 11 is 0. The summed E-state index contributed by atoms with van der Waals surface area (Å²) in [5.41, 5.74) is 7.58. The van der Waals surface area contributed by atoms with Crippen LogP contribution in [0.4, 0.5) is 27.5 Å². The second-order valence-corrected chi connectivity index (χ2v) is 6.61. The van der Waals surface area contributed by atoms with Crippen LogP contribution in [0.2, 0.25) is 0 Å². The Balaban J connectivity index is 1.46. The van der Waals surface area contributed by atoms with Crippen LogP contribution in [0.1, 0.15) is 5.56 Å². The Morgan fingerprint density at radius 2 is 2.04 bits per heavy atom. The Morgan fingerprint density at radius 3 is 2.67 bits per heavy atom. The van der Waals surface area contributed by atoms with Crippen LogP contribution < -0.4 is 16.0 Å². The summed E-state index contributed by atoms with van der Waals surface area (Å²) in [6.45, 7) is 5.30. The van der Waals surface area contributed by atoms with Gasteiger partial charge >= 0.3 is 0 Å². The fourth-order valence-corrected chi connectivity index (χ4v) is 3.31. The number of nitriles is 1. The number of ether oxygens (including phenoxy) is 1. The molecule has 2 aromatic rings. The minimum absolute atomic E-state index is 0.182. The van der Waals surface area contributed by atoms with E-state index in [4.69, 9.17) is 10.5 Å². The molecular weight excluding hydrogens is 349 g/mol. The smallest absolute Gasteiger partial charge is 0.229 e. The Kier molecular flexibility index (Phi) is 4.75. The Hall–Kier alpha value is -2.96. The molecule has 0 aliphatic carbocycles. The summed E-state index contributed by atoms with van der Waals surface area (Å²) in [4.78, 5) is 12.4. The van der Waals surface area contributed by atoms with Gasteiger partial charge in [-0.25, -0.2) is 9.37 Å². The molecule has 0 bridgehead atoms. The lowest BCUT2D eigenvalue weighted by molar-refractivity contribution is -0.0660. The lowest BCUT2D eigenvalue weighted by atomic mass is 10.1. The molecule has 2 saturated heterocycles. The fourth-order valence-electron chi connectivity index (χ4n) is 3.31. The average Bonchev–Trinajstić information content (AvgIpc) is 2.64. The first kappa shape index (κ1) is 17.5. The lowest BCUT2D eigenvalue weighted by Crippen LogP contribution is -2.56. The van der Waals surface area contributed by atoms with Crippen LogP contribution in [0.5, 0.6) is 0 Å². The number of nitrogen functional groups attached to an aromatic ring is 1. The van der Waals surface area contributed by atoms with Crippen molar-refractivity contribution in [3.05, 3.63) is 35.8 Å². The topological polar surface area (TPSA) is 103 Å². The molecule has 3 N–H and O–H groups in total. The van der Waals surface area contributed by atoms with Crippen molar-refractivity contribution >= 4 is 23.1 Å². The molecule has 0 spiro atoms. The van der Waals surface area contributed by atoms with Gasteiger partial charge in [0.1, 0.15) is 6.07 Å². The lowest BCUT2D eigenvalue weighted by Gasteiger charge is -2.43. The number of anilines is 4. The van der Waals surface area contributed by atoms with E-state index in [9.17, 15) is 9.65 Å². The number of rotatable bonds is 4. The van der Waals surface area contributed by atoms with Crippen molar-refractivity contribution in [2.45, 2.75) is 6.04 Å². The van der Waals surface area contributed by atoms with Crippen molar-refractivity contribution in [2.24, 2.45) is 0 Å². The quantitative estimate of drug-likeness (QED) is 0.832. The summed E-state index contributed by atoms with van der Waals surface area (Å²) < 4.78 is 18.4. The van der Waals surface area contributed by atoms with Crippen molar-refractivity contribution in [2.75, 3.05) is 55.3 Å². The minimum Gasteiger partial charge on any atom is -0.381 e. The first-order valence-corrected chi connectivity index (χ1v) is 8.80. The number of piperazine rings is 1. The van der Waals surface area contributed by atoms with Crippen molar-refractivity contribution < 1.29 is 9.13 Å². The van der Waals surface area contributed by atoms with E-state index in [0.717, 1.165) is 51.3 Å². The average molecular weight is 369 g/mol. The van der Waals surface area contributed by atoms with E-state index in [1.54, 1.807) is 6.07 Å². The molecule has 2 aliphatic heterocycles. The highest BCUT2D eigenvalue weighted by Crippen LogP contribution is 2.27. The third-order valence-electron chi connectivity index (χ3n) is 4.94. The van der Waals surface area contributed by atoms with Gasteiger partial charge in [0, 0.05) is 31.9 Å². The number of hydrogen-bond donors (Lipinski definition) is 2. The summed E-state index contributed by atoms with van der Waals surface area (Å²) in [7, 11) is 0. The van der Waals surface area contributed by atoms with Gasteiger partial charge in [-0.05, 0) is 18.2 Å². The number of nitrogens with zero attached hydrogens (tertiary/aromatic N) is 5. The summed E-state index contributed by atoms with van der Waals surface area (Å²) in [6, 6.07) is 8.30. The van der Waals surface area contributed by atoms with E-state index in [1.807, 2.05) is 12.1 Å². The molecule has 8 nitrogen and oxygen atoms in total. The van der Waals surface area contributed by atoms with Crippen LogP contribution in [0.15, 0.2) is 24.4 Å². The number of halogens is 1. The Bertz CT molecular complexity index is 872. The number of benzene rings is 1. The molecule has 4 rings (SSSR count). The van der Waals surface area contributed by atoms with Crippen LogP contribution in [0, 0.1) is 17.1 Å². The highest BCUT2D eigenvalue weighted by Gasteiger charge is 2.29. The van der Waals surface area contributed by atoms with Crippen molar-refractivity contribution in [3.63, 3.8) is 0 Å². The van der Waals surface area contributed by atoms with E-state index in [-0.39, 0.29) is 11.8 Å². The highest BCUT2D eigenvalue weighted by molar-refractivity contribution is 5.67. The third-order valence-corrected chi connectivity index (χ3v) is 4.94. The van der Waals surface area contributed by atoms with Crippen molar-refractivity contribution in [3.8, 4) is 6.07 Å². The zero-order valence-corrected chi connectivity index (χ0v) is 14.7. The molecule has 27 heavy (non-hydrogen) atoms. The first-order chi connectivity index (χ1) is 13.1. The second-order valence-electron chi connectivity index (χ2n) is 6.61. The van der Waals surface area contributed by atoms with E-state index < -0.39 is 5.82 Å². The number of nitrogens with one attached hydrogen (secondary N) is 1. The summed E-state index contributed by atoms with van der Waals surface area (Å²) in [5.74, 6) is -0.706. The third kappa shape index (κ3) is 3.63. The SMILES string of the molecule is N#Cc1cc(Nc2ncc(F)c(N)n2)ccc1N1CCN(C2COC2)CC1. The zero-order valence-electron chi connectivity index (χ0n) is 14.7. The van der Waals surface area contributed by atoms with Crippen LogP contribution in [-0.2, 0) is 4.74 Å². The summed E-state index contributed by atoms with van der Waals surface area (Å²) in [6.07, 6.45) is 1.01. The molecule has 0 amide bonds. The molecule has 140 valence electrons. The zero-order chi connectivity index (χ0) is 18.8. The van der Waals surface area contributed by atoms with Crippen molar-refractivity contribution in [1.82, 2.24) is 14.9 Å². The van der Waals surface area contributed by atoms with Crippen LogP contribution in [-0.4, -0.2) is 60.3 Å². The van der Waals surface area contributed by atoms with Gasteiger partial charge in [-0.2, -0.15) is 10.2 Å². The predicted octanol–water partition coefficient (Wildman–Crippen LogP) is 1.33. The molecule has 1 aromatic heterocycles. The fraction of sp³-hybridized carbons (Fsp3) is 0.389. The molecule has 0 unspecified atom stereocenters. The number of hydrogen-bond acceptors (Lipinski definition) is 8. The molecular formula is C18H20FN7O. The summed E-state index contributed by atoms with van der Waals surface area (Å²) in [5, 5.41) is 12.5. The number of nitrogens with two attached hydrogens (primary N) is 1. The normalized spacial score (nSPS) is 18.0. The monoisotopic (exact) mass is 369 g/mol. The molecule has 9 heteroatoms. The van der Waals surface area contributed by atoms with E-state index in [1.165, 1.54) is 0 Å². The van der Waals surface area contributed by atoms with E-state index in [0.29, 0.717) is 17.3 Å². The largest absolute Gasteiger partial charge is 0.381 e. The standard InChI is InChI=1S/C18H20FN7O/c19-15-9-22-18(24-17(15)21)23-13-1-2-16(12(7-13)8-20)26-5-3-25(4-6-26)14-10-27-11-14/h1-2,7,9,14H,3-6,10-11H2,(H3,21,22,23,24). The van der Waals surface area contributed by atoms with Gasteiger partial charge in [0.05, 0.1) is 36.7 Å². The molecule has 2 aliphatic rings. The van der Waals surface area contributed by atoms with Gasteiger partial charge in [-0.3, -0.25) is 4.90 Å². The van der Waals surface area contributed by atoms with E-state index in [2.05, 4.69) is 31.2 Å². The van der Waals surface area contributed by atoms with Gasteiger partial charge in [-0.15, -0.1) is 0 Å². The van der Waals surface area contributed by atoms with Crippen LogP contribution in [0.25, 0.3) is 0 Å². The van der Waals surface area contributed by atoms with Gasteiger partial charge in [0.25, 0.3) is 0 Å². The Labute approximate surface area is 156 Å². The van der Waals surface area contributed by atoms with Gasteiger partial charge in [0.2, 0.25) is 5.95 Å². The highest BCUT2D eigenvalue weighted by atomic mass is 19.1. The second kappa shape index (κ2) is 7.34. The number of aromatic nitrogens is 2. The van der Waals surface area contributed by atoms with Gasteiger partial charge in [-0.1, -0.05) is 0 Å². The van der Waals surface area contributed by atoms with Gasteiger partial charge in [0.15, 0.2) is 11.6 Å². The molecule has 0 atom stereocenters. The molecule has 0 radical (unpaired) electrons. The van der Waals surface area contributed by atoms with Crippen molar-refractivity contribution in [1.29, 1.82) is 5.26 Å². The maximum absolute atomic E-state index is 13.2.